The Morgan fingerprint density at radius 2 is 1.33 bits per heavy atom. The molecule has 5 aliphatic rings. The van der Waals surface area contributed by atoms with Crippen LogP contribution < -0.4 is 47.3 Å². The third-order valence-electron chi connectivity index (χ3n) is 19.0. The zero-order valence-electron chi connectivity index (χ0n) is 55.9. The number of rotatable bonds is 20. The number of carbonyl (C=O) groups excluding carboxylic acids is 7. The summed E-state index contributed by atoms with van der Waals surface area (Å²) < 4.78 is 5.71. The van der Waals surface area contributed by atoms with Gasteiger partial charge in [0, 0.05) is 106 Å². The molecule has 4 aromatic rings. The molecule has 5 heterocycles. The zero-order valence-corrected chi connectivity index (χ0v) is 59.2. The molecular weight excluding hydrogens is 1390 g/mol. The predicted molar refractivity (Wildman–Crippen MR) is 376 cm³/mol. The van der Waals surface area contributed by atoms with Gasteiger partial charge in [0.1, 0.15) is 52.9 Å². The summed E-state index contributed by atoms with van der Waals surface area (Å²) in [5.74, 6) is -8.05. The molecule has 0 spiro atoms. The minimum Gasteiger partial charge on any atom is -0.504 e. The molecule has 554 valence electrons. The Kier molecular flexibility index (Phi) is 31.3. The fraction of sp³-hybridized carbons (Fsp3) is 0.591. The van der Waals surface area contributed by atoms with Crippen LogP contribution in [0, 0.1) is 11.8 Å². The van der Waals surface area contributed by atoms with Gasteiger partial charge in [-0.15, -0.1) is 47.4 Å². The highest BCUT2D eigenvalue weighted by Gasteiger charge is 2.50. The number of nitrogens with zero attached hydrogens (tertiary/aromatic N) is 6. The molecule has 30 nitrogen and oxygen atoms in total. The molecule has 5 fully saturated rings. The number of phenolic OH excluding ortho intramolecular Hbond substituents is 1. The van der Waals surface area contributed by atoms with Crippen molar-refractivity contribution in [3.8, 4) is 32.6 Å². The van der Waals surface area contributed by atoms with Gasteiger partial charge in [-0.1, -0.05) is 43.4 Å². The van der Waals surface area contributed by atoms with Crippen molar-refractivity contribution < 1.29 is 84.3 Å². The molecule has 1 aromatic heterocycles. The standard InChI is InChI=1S/C66H93N13O17S.3ClH/c1-35-4-13-43(14-5-35)76-21-23-77(24-22-76)44-15-11-41(12-16-44)64-75-74-63(97-64)40-9-7-39(8-10-40)58(89)70-47-28-45(83)30-69-62(93)56-57(88)36(2)31-79(56)66(95)55(50(86)18-19-67)73-61(92)54(51(87)26-38-6-17-49(85)52(27-38)96-25-20-68-42(33-80)34-81)72-60(91)48-29-46(84)32-78(48)65(94)53(37(3)82)71-59(47)90;;;/h6-12,15-17,27,35-37,42-43,45-48,50-51,53-57,68,80-88H,4-5,13-14,18-26,28-34,67H2,1-3H3,(H,69,93)(H,70,89)(H,71,90)(H,72,91)(H,73,92);3*1H/t35?,36-,37+,43?,45+,46+,47-,48-,50+,51+,53-,54-,55-,56-,57-;;;/m0.../s1. The topological polar surface area (TPSA) is 448 Å². The summed E-state index contributed by atoms with van der Waals surface area (Å²) >= 11 is 1.35. The quantitative estimate of drug-likeness (QED) is 0.0433. The van der Waals surface area contributed by atoms with Gasteiger partial charge in [0.25, 0.3) is 5.91 Å². The Balaban J connectivity index is 0.00000525. The van der Waals surface area contributed by atoms with Crippen LogP contribution in [-0.4, -0.2) is 276 Å². The van der Waals surface area contributed by atoms with E-state index in [0.717, 1.165) is 60.1 Å². The number of aliphatic hydroxyl groups excluding tert-OH is 8. The molecule has 3 aromatic carbocycles. The lowest BCUT2D eigenvalue weighted by molar-refractivity contribution is -0.147. The molecule has 7 amide bonds. The lowest BCUT2D eigenvalue weighted by Gasteiger charge is -2.42. The van der Waals surface area contributed by atoms with E-state index in [4.69, 9.17) is 10.5 Å². The average molecular weight is 1480 g/mol. The number of β-amino-alcohol motifs (C(OH)–C–C–N with tert-alkyl or cyclic N) is 1. The van der Waals surface area contributed by atoms with Crippen molar-refractivity contribution in [1.82, 2.24) is 56.8 Å². The smallest absolute Gasteiger partial charge is 0.251 e. The van der Waals surface area contributed by atoms with Crippen LogP contribution in [0.1, 0.15) is 81.6 Å². The molecule has 13 atom stereocenters. The Bertz CT molecular complexity index is 3350. The summed E-state index contributed by atoms with van der Waals surface area (Å²) in [7, 11) is 0. The minimum absolute atomic E-state index is 0. The number of carbonyl (C=O) groups is 7. The maximum atomic E-state index is 14.8. The number of hydrogen-bond acceptors (Lipinski definition) is 24. The third-order valence-corrected chi connectivity index (χ3v) is 20.0. The number of halogens is 3. The number of anilines is 1. The van der Waals surface area contributed by atoms with Gasteiger partial charge in [0.15, 0.2) is 11.5 Å². The lowest BCUT2D eigenvalue weighted by atomic mass is 9.86. The van der Waals surface area contributed by atoms with E-state index >= 15 is 0 Å². The number of phenols is 1. The zero-order chi connectivity index (χ0) is 69.8. The number of amides is 7. The minimum atomic E-state index is -2.08. The highest BCUT2D eigenvalue weighted by Crippen LogP contribution is 2.34. The monoisotopic (exact) mass is 1480 g/mol. The molecule has 0 bridgehead atoms. The summed E-state index contributed by atoms with van der Waals surface area (Å²) in [6, 6.07) is 7.33. The largest absolute Gasteiger partial charge is 0.504 e. The van der Waals surface area contributed by atoms with Crippen molar-refractivity contribution in [2.75, 3.05) is 83.6 Å². The second-order valence-electron chi connectivity index (χ2n) is 26.2. The number of aromatic hydroxyl groups is 1. The number of nitrogens with one attached hydrogen (secondary N) is 6. The predicted octanol–water partition coefficient (Wildman–Crippen LogP) is -1.84. The first kappa shape index (κ1) is 82.3. The van der Waals surface area contributed by atoms with Crippen molar-refractivity contribution in [3.05, 3.63) is 77.9 Å². The summed E-state index contributed by atoms with van der Waals surface area (Å²) in [4.78, 5) is 109. The number of fused-ring (bicyclic) bond motifs is 2. The molecule has 17 N–H and O–H groups in total. The highest BCUT2D eigenvalue weighted by atomic mass is 35.5. The number of piperazine rings is 1. The molecule has 4 aliphatic heterocycles. The van der Waals surface area contributed by atoms with Crippen molar-refractivity contribution in [2.24, 2.45) is 17.6 Å². The second kappa shape index (κ2) is 38.0. The average Bonchev–Trinajstić information content (AvgIpc) is 1.63. The van der Waals surface area contributed by atoms with Gasteiger partial charge in [-0.05, 0) is 106 Å². The maximum Gasteiger partial charge on any atom is 0.251 e. The van der Waals surface area contributed by atoms with E-state index < -0.39 is 159 Å². The Morgan fingerprint density at radius 1 is 0.720 bits per heavy atom. The first-order chi connectivity index (χ1) is 46.4. The Labute approximate surface area is 602 Å². The number of aliphatic hydroxyl groups is 8. The van der Waals surface area contributed by atoms with Crippen molar-refractivity contribution in [2.45, 2.75) is 157 Å². The van der Waals surface area contributed by atoms with Gasteiger partial charge in [0.2, 0.25) is 35.4 Å². The van der Waals surface area contributed by atoms with Crippen LogP contribution in [-0.2, 0) is 35.2 Å². The molecule has 4 saturated heterocycles. The molecule has 1 aliphatic carbocycles. The van der Waals surface area contributed by atoms with Gasteiger partial charge in [-0.25, -0.2) is 0 Å². The van der Waals surface area contributed by atoms with E-state index in [-0.39, 0.29) is 106 Å². The molecule has 1 saturated carbocycles. The van der Waals surface area contributed by atoms with Crippen molar-refractivity contribution in [1.29, 1.82) is 0 Å². The van der Waals surface area contributed by atoms with E-state index in [2.05, 4.69) is 71.0 Å². The lowest BCUT2D eigenvalue weighted by Crippen LogP contribution is -2.64. The molecule has 0 radical (unpaired) electrons. The summed E-state index contributed by atoms with van der Waals surface area (Å²) in [6.45, 7) is 6.55. The number of aromatic nitrogens is 2. The maximum absolute atomic E-state index is 14.8. The first-order valence-electron chi connectivity index (χ1n) is 33.3. The highest BCUT2D eigenvalue weighted by molar-refractivity contribution is 7.17. The molecule has 9 rings (SSSR count). The second-order valence-corrected chi connectivity index (χ2v) is 27.2. The number of ether oxygens (including phenoxy) is 1. The first-order valence-corrected chi connectivity index (χ1v) is 34.1. The molecule has 0 unspecified atom stereocenters. The van der Waals surface area contributed by atoms with Crippen LogP contribution in [0.15, 0.2) is 66.7 Å². The summed E-state index contributed by atoms with van der Waals surface area (Å²) in [5.41, 5.74) is 8.72. The number of nitrogens with two attached hydrogens (primary N) is 1. The van der Waals surface area contributed by atoms with Crippen LogP contribution >= 0.6 is 48.6 Å². The third kappa shape index (κ3) is 20.6. The fourth-order valence-electron chi connectivity index (χ4n) is 13.3. The molecule has 34 heteroatoms. The summed E-state index contributed by atoms with van der Waals surface area (Å²) in [6.07, 6.45) is -6.95. The van der Waals surface area contributed by atoms with Crippen LogP contribution in [0.5, 0.6) is 11.5 Å². The van der Waals surface area contributed by atoms with Crippen LogP contribution in [0.25, 0.3) is 21.1 Å². The van der Waals surface area contributed by atoms with Crippen LogP contribution in [0.2, 0.25) is 0 Å². The van der Waals surface area contributed by atoms with E-state index in [0.29, 0.717) is 21.6 Å². The molecular formula is C66H96Cl3N13O17S. The van der Waals surface area contributed by atoms with Crippen LogP contribution in [0.4, 0.5) is 5.69 Å². The van der Waals surface area contributed by atoms with Gasteiger partial charge >= 0.3 is 0 Å². The Morgan fingerprint density at radius 3 is 1.95 bits per heavy atom. The molecule has 100 heavy (non-hydrogen) atoms. The van der Waals surface area contributed by atoms with Crippen LogP contribution in [0.3, 0.4) is 0 Å². The van der Waals surface area contributed by atoms with Gasteiger partial charge < -0.3 is 103 Å². The fourth-order valence-corrected chi connectivity index (χ4v) is 14.1. The summed E-state index contributed by atoms with van der Waals surface area (Å²) in [5, 5.41) is 124. The van der Waals surface area contributed by atoms with E-state index in [1.54, 1.807) is 12.1 Å². The number of benzene rings is 3. The van der Waals surface area contributed by atoms with Gasteiger partial charge in [0.05, 0.1) is 55.9 Å². The SMILES string of the molecule is CC1CCC(N2CCN(c3ccc(-c4nnc(-c5ccc(C(=O)N[C@H]6C[C@@H](O)CNC(=O)[C@@H]7[C@@H](O)[C@@H](C)CN7C(=O)[C@H]([C@H](O)CCN)NC(=O)[C@H]([C@H](O)Cc7ccc(O)c(OCCNC(CO)CO)c7)NC(=O)[C@@H]7C[C@@H](O)CN7C(=O)[C@H]([C@@H](C)O)NC6=O)cc5)s4)cc3)CC2)CC1.Cl.Cl.Cl. The van der Waals surface area contributed by atoms with E-state index in [1.165, 1.54) is 74.3 Å². The van der Waals surface area contributed by atoms with Gasteiger partial charge in [-0.2, -0.15) is 0 Å². The van der Waals surface area contributed by atoms with Crippen molar-refractivity contribution in [3.63, 3.8) is 0 Å². The van der Waals surface area contributed by atoms with E-state index in [9.17, 15) is 79.5 Å². The van der Waals surface area contributed by atoms with E-state index in [1.807, 2.05) is 12.1 Å². The normalized spacial score (nSPS) is 26.9. The van der Waals surface area contributed by atoms with Crippen molar-refractivity contribution >= 4 is 95.6 Å². The van der Waals surface area contributed by atoms with Gasteiger partial charge in [-0.3, -0.25) is 38.5 Å². The number of hydrogen-bond donors (Lipinski definition) is 16. The Hall–Kier alpha value is -6.66.